The van der Waals surface area contributed by atoms with Crippen molar-refractivity contribution in [3.05, 3.63) is 72.7 Å². The van der Waals surface area contributed by atoms with Crippen molar-refractivity contribution in [3.63, 3.8) is 0 Å². The maximum Gasteiger partial charge on any atom is 0.240 e. The second kappa shape index (κ2) is 7.57. The third kappa shape index (κ3) is 3.15. The number of carbonyl (C=O) groups excluding carboxylic acids is 1. The first-order valence-corrected chi connectivity index (χ1v) is 10.8. The Balaban J connectivity index is 1.43. The van der Waals surface area contributed by atoms with Crippen LogP contribution in [0.1, 0.15) is 19.4 Å². The number of hydrogen-bond acceptors (Lipinski definition) is 5. The van der Waals surface area contributed by atoms with Crippen molar-refractivity contribution in [2.45, 2.75) is 36.6 Å². The van der Waals surface area contributed by atoms with Gasteiger partial charge in [-0.05, 0) is 44.0 Å². The van der Waals surface area contributed by atoms with Gasteiger partial charge >= 0.3 is 0 Å². The fourth-order valence-corrected chi connectivity index (χ4v) is 4.92. The summed E-state index contributed by atoms with van der Waals surface area (Å²) in [7, 11) is 0. The number of aromatic nitrogens is 4. The van der Waals surface area contributed by atoms with Gasteiger partial charge < -0.3 is 4.90 Å². The molecule has 2 atom stereocenters. The molecule has 1 aliphatic heterocycles. The van der Waals surface area contributed by atoms with E-state index in [-0.39, 0.29) is 17.2 Å². The molecule has 0 fully saturated rings. The Morgan fingerprint density at radius 2 is 1.87 bits per heavy atom. The second-order valence-corrected chi connectivity index (χ2v) is 8.79. The first-order chi connectivity index (χ1) is 14.6. The van der Waals surface area contributed by atoms with Gasteiger partial charge in [-0.2, -0.15) is 5.10 Å². The van der Waals surface area contributed by atoms with Crippen LogP contribution in [0.5, 0.6) is 0 Å². The third-order valence-electron chi connectivity index (χ3n) is 5.41. The lowest BCUT2D eigenvalue weighted by Gasteiger charge is -2.25. The number of thioether (sulfide) groups is 1. The Bertz CT molecular complexity index is 1220. The smallest absolute Gasteiger partial charge is 0.240 e. The molecule has 0 aliphatic carbocycles. The van der Waals surface area contributed by atoms with E-state index >= 15 is 0 Å². The van der Waals surface area contributed by atoms with Crippen LogP contribution in [0.3, 0.4) is 0 Å². The van der Waals surface area contributed by atoms with Crippen LogP contribution in [0.15, 0.2) is 72.1 Å². The maximum absolute atomic E-state index is 13.3. The lowest BCUT2D eigenvalue weighted by atomic mass is 10.1. The van der Waals surface area contributed by atoms with E-state index in [0.29, 0.717) is 0 Å². The summed E-state index contributed by atoms with van der Waals surface area (Å²) in [6.45, 7) is 4.04. The summed E-state index contributed by atoms with van der Waals surface area (Å²) in [6, 6.07) is 18.2. The normalized spacial score (nSPS) is 16.6. The van der Waals surface area contributed by atoms with Gasteiger partial charge in [-0.1, -0.05) is 48.2 Å². The molecule has 3 heterocycles. The molecule has 150 valence electrons. The van der Waals surface area contributed by atoms with Gasteiger partial charge in [0.1, 0.15) is 11.4 Å². The molecule has 4 aromatic rings. The van der Waals surface area contributed by atoms with Crippen LogP contribution in [0, 0.1) is 0 Å². The average Bonchev–Trinajstić information content (AvgIpc) is 3.35. The number of fused-ring (bicyclic) bond motifs is 2. The molecule has 5 rings (SSSR count). The molecular formula is C23H21N5OS. The zero-order chi connectivity index (χ0) is 20.7. The van der Waals surface area contributed by atoms with Crippen LogP contribution in [0.25, 0.3) is 16.7 Å². The molecule has 2 aromatic carbocycles. The summed E-state index contributed by atoms with van der Waals surface area (Å²) in [5, 5.41) is 5.84. The van der Waals surface area contributed by atoms with Crippen molar-refractivity contribution >= 4 is 34.4 Å². The van der Waals surface area contributed by atoms with E-state index in [1.54, 1.807) is 10.9 Å². The fourth-order valence-electron chi connectivity index (χ4n) is 3.99. The number of nitrogens with zero attached hydrogens (tertiary/aromatic N) is 5. The summed E-state index contributed by atoms with van der Waals surface area (Å²) >= 11 is 1.46. The summed E-state index contributed by atoms with van der Waals surface area (Å²) in [5.41, 5.74) is 3.92. The number of anilines is 1. The number of rotatable bonds is 4. The molecule has 0 spiro atoms. The highest BCUT2D eigenvalue weighted by atomic mass is 32.2. The SMILES string of the molecule is C[C@@H]1Cc2ccccc2N1C(=O)[C@@H](C)Sc1ncnc2c1cnn2-c1ccccc1. The van der Waals surface area contributed by atoms with Gasteiger partial charge in [-0.3, -0.25) is 4.79 Å². The number of carbonyl (C=O) groups is 1. The first kappa shape index (κ1) is 18.8. The van der Waals surface area contributed by atoms with Gasteiger partial charge in [0.2, 0.25) is 5.91 Å². The second-order valence-electron chi connectivity index (χ2n) is 7.46. The van der Waals surface area contributed by atoms with Gasteiger partial charge in [0, 0.05) is 11.7 Å². The Labute approximate surface area is 179 Å². The van der Waals surface area contributed by atoms with Gasteiger partial charge in [-0.25, -0.2) is 14.6 Å². The summed E-state index contributed by atoms with van der Waals surface area (Å²) in [4.78, 5) is 24.1. The third-order valence-corrected chi connectivity index (χ3v) is 6.51. The Kier molecular flexibility index (Phi) is 4.75. The number of benzene rings is 2. The van der Waals surface area contributed by atoms with Crippen molar-refractivity contribution in [2.24, 2.45) is 0 Å². The van der Waals surface area contributed by atoms with Gasteiger partial charge in [0.25, 0.3) is 0 Å². The Hall–Kier alpha value is -3.19. The molecule has 0 saturated heterocycles. The molecule has 0 saturated carbocycles. The van der Waals surface area contributed by atoms with E-state index in [1.165, 1.54) is 23.7 Å². The molecule has 0 N–H and O–H groups in total. The Morgan fingerprint density at radius 3 is 2.70 bits per heavy atom. The number of para-hydroxylation sites is 2. The molecule has 30 heavy (non-hydrogen) atoms. The lowest BCUT2D eigenvalue weighted by molar-refractivity contribution is -0.118. The van der Waals surface area contributed by atoms with E-state index in [2.05, 4.69) is 28.1 Å². The predicted octanol–water partition coefficient (Wildman–Crippen LogP) is 4.27. The number of amides is 1. The van der Waals surface area contributed by atoms with Crippen LogP contribution in [0.4, 0.5) is 5.69 Å². The van der Waals surface area contributed by atoms with E-state index in [4.69, 9.17) is 0 Å². The number of hydrogen-bond donors (Lipinski definition) is 0. The highest BCUT2D eigenvalue weighted by molar-refractivity contribution is 8.00. The van der Waals surface area contributed by atoms with Crippen molar-refractivity contribution < 1.29 is 4.79 Å². The minimum atomic E-state index is -0.281. The van der Waals surface area contributed by atoms with Crippen LogP contribution in [-0.2, 0) is 11.2 Å². The minimum absolute atomic E-state index is 0.0969. The molecule has 6 nitrogen and oxygen atoms in total. The van der Waals surface area contributed by atoms with Crippen molar-refractivity contribution in [1.82, 2.24) is 19.7 Å². The maximum atomic E-state index is 13.3. The Morgan fingerprint density at radius 1 is 1.10 bits per heavy atom. The quantitative estimate of drug-likeness (QED) is 0.368. The van der Waals surface area contributed by atoms with Crippen LogP contribution in [-0.4, -0.2) is 36.9 Å². The summed E-state index contributed by atoms with van der Waals surface area (Å²) in [5.74, 6) is 0.0969. The monoisotopic (exact) mass is 415 g/mol. The van der Waals surface area contributed by atoms with E-state index in [0.717, 1.165) is 33.9 Å². The van der Waals surface area contributed by atoms with Gasteiger partial charge in [0.15, 0.2) is 5.65 Å². The van der Waals surface area contributed by atoms with Crippen molar-refractivity contribution in [3.8, 4) is 5.69 Å². The molecule has 0 bridgehead atoms. The molecule has 0 unspecified atom stereocenters. The standard InChI is InChI=1S/C23H21N5OS/c1-15-12-17-8-6-7-11-20(17)27(15)23(29)16(2)30-22-19-13-26-28(21(19)24-14-25-22)18-9-4-3-5-10-18/h3-11,13-16H,12H2,1-2H3/t15-,16-/m1/s1. The van der Waals surface area contributed by atoms with Crippen molar-refractivity contribution in [2.75, 3.05) is 4.90 Å². The minimum Gasteiger partial charge on any atom is -0.308 e. The summed E-state index contributed by atoms with van der Waals surface area (Å²) < 4.78 is 1.80. The zero-order valence-electron chi connectivity index (χ0n) is 16.8. The van der Waals surface area contributed by atoms with E-state index in [9.17, 15) is 4.79 Å². The van der Waals surface area contributed by atoms with Crippen molar-refractivity contribution in [1.29, 1.82) is 0 Å². The molecule has 0 radical (unpaired) electrons. The van der Waals surface area contributed by atoms with Gasteiger partial charge in [-0.15, -0.1) is 0 Å². The molecule has 1 amide bonds. The predicted molar refractivity (Wildman–Crippen MR) is 119 cm³/mol. The highest BCUT2D eigenvalue weighted by Crippen LogP contribution is 2.35. The lowest BCUT2D eigenvalue weighted by Crippen LogP contribution is -2.40. The van der Waals surface area contributed by atoms with E-state index in [1.807, 2.05) is 60.4 Å². The highest BCUT2D eigenvalue weighted by Gasteiger charge is 2.33. The van der Waals surface area contributed by atoms with Crippen LogP contribution >= 0.6 is 11.8 Å². The topological polar surface area (TPSA) is 63.9 Å². The molecule has 2 aromatic heterocycles. The largest absolute Gasteiger partial charge is 0.308 e. The van der Waals surface area contributed by atoms with Gasteiger partial charge in [0.05, 0.1) is 22.5 Å². The zero-order valence-corrected chi connectivity index (χ0v) is 17.6. The molecular weight excluding hydrogens is 394 g/mol. The first-order valence-electron chi connectivity index (χ1n) is 9.95. The van der Waals surface area contributed by atoms with Crippen LogP contribution < -0.4 is 4.90 Å². The molecule has 7 heteroatoms. The molecule has 1 aliphatic rings. The average molecular weight is 416 g/mol. The van der Waals surface area contributed by atoms with Crippen LogP contribution in [0.2, 0.25) is 0 Å². The fraction of sp³-hybridized carbons (Fsp3) is 0.217. The van der Waals surface area contributed by atoms with E-state index < -0.39 is 0 Å². The summed E-state index contributed by atoms with van der Waals surface area (Å²) in [6.07, 6.45) is 4.20.